The number of hydrogen-bond donors (Lipinski definition) is 2. The molecule has 0 spiro atoms. The van der Waals surface area contributed by atoms with Gasteiger partial charge in [0.05, 0.1) is 5.52 Å². The van der Waals surface area contributed by atoms with Crippen molar-refractivity contribution in [1.82, 2.24) is 9.97 Å². The van der Waals surface area contributed by atoms with Gasteiger partial charge < -0.3 is 19.8 Å². The average molecular weight is 498 g/mol. The van der Waals surface area contributed by atoms with Gasteiger partial charge in [-0.15, -0.1) is 0 Å². The molecular formula is C27H19FN4O5. The van der Waals surface area contributed by atoms with Crippen molar-refractivity contribution >= 4 is 45.2 Å². The molecule has 2 heterocycles. The highest BCUT2D eigenvalue weighted by molar-refractivity contribution is 6.08. The first-order valence-corrected chi connectivity index (χ1v) is 11.2. The van der Waals surface area contributed by atoms with Crippen LogP contribution in [0.5, 0.6) is 5.75 Å². The van der Waals surface area contributed by atoms with Crippen LogP contribution >= 0.6 is 0 Å². The summed E-state index contributed by atoms with van der Waals surface area (Å²) >= 11 is 0. The van der Waals surface area contributed by atoms with Crippen LogP contribution in [0.25, 0.3) is 33.3 Å². The molecule has 37 heavy (non-hydrogen) atoms. The summed E-state index contributed by atoms with van der Waals surface area (Å²) in [4.78, 5) is 45.8. The molecule has 3 aromatic carbocycles. The zero-order valence-corrected chi connectivity index (χ0v) is 19.4. The lowest BCUT2D eigenvalue weighted by Crippen LogP contribution is -2.20. The molecule has 0 saturated carbocycles. The number of hydrogen-bond acceptors (Lipinski definition) is 7. The summed E-state index contributed by atoms with van der Waals surface area (Å²) in [5, 5.41) is 5.85. The molecule has 2 amide bonds. The molecule has 2 aromatic heterocycles. The summed E-state index contributed by atoms with van der Waals surface area (Å²) in [5.74, 6) is -0.621. The summed E-state index contributed by atoms with van der Waals surface area (Å²) in [6, 6.07) is 19.0. The Balaban J connectivity index is 1.48. The van der Waals surface area contributed by atoms with E-state index >= 15 is 0 Å². The zero-order valence-electron chi connectivity index (χ0n) is 19.4. The minimum absolute atomic E-state index is 0.0250. The second-order valence-corrected chi connectivity index (χ2v) is 8.06. The van der Waals surface area contributed by atoms with Crippen molar-refractivity contribution in [3.05, 3.63) is 89.0 Å². The number of carbonyl (C=O) groups excluding carboxylic acids is 2. The SMILES string of the molecule is CC(=O)Nc1nc(-c2cccc(OCC(=O)Nc3ccc(F)cc3)c2)nc2c1c(=O)oc1ccccc12. The van der Waals surface area contributed by atoms with Crippen molar-refractivity contribution in [2.45, 2.75) is 6.92 Å². The molecule has 0 aliphatic heterocycles. The van der Waals surface area contributed by atoms with Crippen LogP contribution in [-0.2, 0) is 9.59 Å². The Kier molecular flexibility index (Phi) is 6.29. The number of fused-ring (bicyclic) bond motifs is 3. The van der Waals surface area contributed by atoms with Gasteiger partial charge >= 0.3 is 5.63 Å². The average Bonchev–Trinajstić information content (AvgIpc) is 2.88. The number of halogens is 1. The maximum atomic E-state index is 13.1. The molecule has 10 heteroatoms. The number of para-hydroxylation sites is 1. The lowest BCUT2D eigenvalue weighted by molar-refractivity contribution is -0.118. The van der Waals surface area contributed by atoms with Gasteiger partial charge in [0.1, 0.15) is 22.5 Å². The summed E-state index contributed by atoms with van der Waals surface area (Å²) in [6.07, 6.45) is 0. The van der Waals surface area contributed by atoms with E-state index < -0.39 is 23.3 Å². The van der Waals surface area contributed by atoms with Crippen LogP contribution in [0.4, 0.5) is 15.9 Å². The zero-order chi connectivity index (χ0) is 25.9. The van der Waals surface area contributed by atoms with Crippen LogP contribution in [0.1, 0.15) is 6.92 Å². The monoisotopic (exact) mass is 498 g/mol. The summed E-state index contributed by atoms with van der Waals surface area (Å²) < 4.78 is 24.1. The third-order valence-electron chi connectivity index (χ3n) is 5.34. The summed E-state index contributed by atoms with van der Waals surface area (Å²) in [6.45, 7) is 1.02. The van der Waals surface area contributed by atoms with Crippen molar-refractivity contribution in [3.8, 4) is 17.1 Å². The highest BCUT2D eigenvalue weighted by Gasteiger charge is 2.18. The van der Waals surface area contributed by atoms with Gasteiger partial charge in [-0.3, -0.25) is 9.59 Å². The minimum atomic E-state index is -0.673. The Morgan fingerprint density at radius 3 is 2.54 bits per heavy atom. The number of ether oxygens (including phenoxy) is 1. The Morgan fingerprint density at radius 2 is 1.76 bits per heavy atom. The summed E-state index contributed by atoms with van der Waals surface area (Å²) in [7, 11) is 0. The quantitative estimate of drug-likeness (QED) is 0.261. The van der Waals surface area contributed by atoms with E-state index in [2.05, 4.69) is 20.6 Å². The predicted octanol–water partition coefficient (Wildman–Crippen LogP) is 4.52. The van der Waals surface area contributed by atoms with Gasteiger partial charge in [-0.05, 0) is 48.5 Å². The molecule has 0 unspecified atom stereocenters. The first-order valence-electron chi connectivity index (χ1n) is 11.2. The first-order chi connectivity index (χ1) is 17.9. The van der Waals surface area contributed by atoms with E-state index in [1.165, 1.54) is 31.2 Å². The normalized spacial score (nSPS) is 10.9. The van der Waals surface area contributed by atoms with Crippen LogP contribution < -0.4 is 21.0 Å². The van der Waals surface area contributed by atoms with Crippen molar-refractivity contribution < 1.29 is 23.1 Å². The van der Waals surface area contributed by atoms with Gasteiger partial charge in [-0.2, -0.15) is 0 Å². The number of rotatable bonds is 6. The van der Waals surface area contributed by atoms with Gasteiger partial charge in [0.25, 0.3) is 5.91 Å². The van der Waals surface area contributed by atoms with E-state index in [4.69, 9.17) is 9.15 Å². The lowest BCUT2D eigenvalue weighted by Gasteiger charge is -2.11. The van der Waals surface area contributed by atoms with Crippen LogP contribution in [0.3, 0.4) is 0 Å². The van der Waals surface area contributed by atoms with Crippen molar-refractivity contribution in [3.63, 3.8) is 0 Å². The van der Waals surface area contributed by atoms with Crippen LogP contribution in [0.15, 0.2) is 82.0 Å². The molecule has 0 bridgehead atoms. The molecule has 2 N–H and O–H groups in total. The van der Waals surface area contributed by atoms with Gasteiger partial charge in [0.15, 0.2) is 18.2 Å². The molecule has 184 valence electrons. The second kappa shape index (κ2) is 9.86. The predicted molar refractivity (Wildman–Crippen MR) is 136 cm³/mol. The fourth-order valence-corrected chi connectivity index (χ4v) is 3.74. The largest absolute Gasteiger partial charge is 0.484 e. The van der Waals surface area contributed by atoms with E-state index in [1.54, 1.807) is 48.5 Å². The van der Waals surface area contributed by atoms with Gasteiger partial charge in [-0.1, -0.05) is 24.3 Å². The maximum absolute atomic E-state index is 13.1. The van der Waals surface area contributed by atoms with Gasteiger partial charge in [-0.25, -0.2) is 19.2 Å². The molecular weight excluding hydrogens is 479 g/mol. The number of carbonyl (C=O) groups is 2. The molecule has 0 aliphatic rings. The third-order valence-corrected chi connectivity index (χ3v) is 5.34. The van der Waals surface area contributed by atoms with E-state index in [9.17, 15) is 18.8 Å². The molecule has 9 nitrogen and oxygen atoms in total. The second-order valence-electron chi connectivity index (χ2n) is 8.06. The summed E-state index contributed by atoms with van der Waals surface area (Å²) in [5.41, 5.74) is 0.972. The molecule has 0 aliphatic carbocycles. The van der Waals surface area contributed by atoms with E-state index in [0.29, 0.717) is 33.5 Å². The molecule has 0 atom stereocenters. The maximum Gasteiger partial charge on any atom is 0.349 e. The topological polar surface area (TPSA) is 123 Å². The number of benzene rings is 3. The minimum Gasteiger partial charge on any atom is -0.484 e. The van der Waals surface area contributed by atoms with Crippen molar-refractivity contribution in [2.24, 2.45) is 0 Å². The van der Waals surface area contributed by atoms with Crippen LogP contribution in [-0.4, -0.2) is 28.4 Å². The number of anilines is 2. The Labute approximate surface area is 208 Å². The third kappa shape index (κ3) is 5.13. The lowest BCUT2D eigenvalue weighted by atomic mass is 10.1. The molecule has 0 fully saturated rings. The van der Waals surface area contributed by atoms with E-state index in [1.807, 2.05) is 0 Å². The number of nitrogens with one attached hydrogen (secondary N) is 2. The first kappa shape index (κ1) is 23.6. The molecule has 5 rings (SSSR count). The molecule has 0 radical (unpaired) electrons. The Hall–Kier alpha value is -5.12. The van der Waals surface area contributed by atoms with Crippen LogP contribution in [0.2, 0.25) is 0 Å². The fourth-order valence-electron chi connectivity index (χ4n) is 3.74. The van der Waals surface area contributed by atoms with Gasteiger partial charge in [0.2, 0.25) is 5.91 Å². The van der Waals surface area contributed by atoms with Crippen molar-refractivity contribution in [2.75, 3.05) is 17.2 Å². The molecule has 5 aromatic rings. The fraction of sp³-hybridized carbons (Fsp3) is 0.0741. The Bertz CT molecular complexity index is 1720. The highest BCUT2D eigenvalue weighted by atomic mass is 19.1. The number of aromatic nitrogens is 2. The Morgan fingerprint density at radius 1 is 0.973 bits per heavy atom. The highest BCUT2D eigenvalue weighted by Crippen LogP contribution is 2.29. The molecule has 0 saturated heterocycles. The van der Waals surface area contributed by atoms with Gasteiger partial charge in [0, 0.05) is 23.6 Å². The van der Waals surface area contributed by atoms with E-state index in [0.717, 1.165) is 0 Å². The number of amides is 2. The standard InChI is InChI=1S/C27H19FN4O5/c1-15(33)29-26-23-24(20-7-2-3-8-21(20)37-27(23)35)31-25(32-26)16-5-4-6-19(13-16)36-14-22(34)30-18-11-9-17(28)10-12-18/h2-13H,14H2,1H3,(H,30,34)(H,29,31,32,33). The van der Waals surface area contributed by atoms with E-state index in [-0.39, 0.29) is 23.6 Å². The smallest absolute Gasteiger partial charge is 0.349 e. The number of nitrogens with zero attached hydrogens (tertiary/aromatic N) is 2. The van der Waals surface area contributed by atoms with Crippen LogP contribution in [0, 0.1) is 5.82 Å². The van der Waals surface area contributed by atoms with Crippen molar-refractivity contribution in [1.29, 1.82) is 0 Å².